The van der Waals surface area contributed by atoms with Gasteiger partial charge in [0.2, 0.25) is 6.29 Å². The second-order valence-electron chi connectivity index (χ2n) is 11.2. The van der Waals surface area contributed by atoms with Crippen LogP contribution in [0, 0.1) is 11.8 Å². The molecule has 5 N–H and O–H groups in total. The molecule has 0 radical (unpaired) electrons. The minimum absolute atomic E-state index is 0.00504. The molecule has 49 heavy (non-hydrogen) atoms. The van der Waals surface area contributed by atoms with Gasteiger partial charge < -0.3 is 44.3 Å². The lowest BCUT2D eigenvalue weighted by atomic mass is 9.81. The number of carbonyl (C=O) groups is 3. The zero-order valence-corrected chi connectivity index (χ0v) is 28.4. The van der Waals surface area contributed by atoms with Crippen LogP contribution in [0.15, 0.2) is 12.7 Å². The molecule has 274 valence electrons. The van der Waals surface area contributed by atoms with E-state index in [2.05, 4.69) is 19.3 Å². The number of aliphatic hydroxyl groups excluding tert-OH is 1. The molecule has 0 bridgehead atoms. The van der Waals surface area contributed by atoms with Crippen molar-refractivity contribution in [2.75, 3.05) is 18.9 Å². The van der Waals surface area contributed by atoms with Crippen molar-refractivity contribution >= 4 is 50.5 Å². The third kappa shape index (κ3) is 9.34. The molecule has 24 heteroatoms. The molecule has 4 heterocycles. The number of anilines is 1. The number of phosphoric ester groups is 2. The van der Waals surface area contributed by atoms with Crippen LogP contribution in [-0.2, 0) is 60.6 Å². The Morgan fingerprint density at radius 2 is 1.73 bits per heavy atom. The minimum atomic E-state index is -5.67. The predicted molar refractivity (Wildman–Crippen MR) is 157 cm³/mol. The van der Waals surface area contributed by atoms with Gasteiger partial charge in [-0.3, -0.25) is 28.0 Å². The fourth-order valence-corrected chi connectivity index (χ4v) is 7.43. The van der Waals surface area contributed by atoms with Gasteiger partial charge >= 0.3 is 33.6 Å². The first-order valence-electron chi connectivity index (χ1n) is 14.5. The number of halogens is 1. The van der Waals surface area contributed by atoms with Crippen molar-refractivity contribution < 1.29 is 79.8 Å². The second kappa shape index (κ2) is 15.4. The maximum atomic E-state index is 15.0. The molecule has 5 unspecified atom stereocenters. The second-order valence-corrected chi connectivity index (χ2v) is 14.2. The van der Waals surface area contributed by atoms with E-state index in [9.17, 15) is 38.4 Å². The Kier molecular flexibility index (Phi) is 12.1. The molecule has 0 spiro atoms. The third-order valence-corrected chi connectivity index (χ3v) is 10.3. The molecule has 0 saturated carbocycles. The van der Waals surface area contributed by atoms with Gasteiger partial charge in [-0.1, -0.05) is 13.8 Å². The van der Waals surface area contributed by atoms with Gasteiger partial charge in [0.05, 0.1) is 12.9 Å². The van der Waals surface area contributed by atoms with Crippen LogP contribution in [0.5, 0.6) is 0 Å². The third-order valence-electron chi connectivity index (χ3n) is 7.66. The number of nitrogen functional groups attached to an aromatic ring is 1. The molecule has 2 aliphatic rings. The maximum Gasteiger partial charge on any atom is 0.483 e. The van der Waals surface area contributed by atoms with Crippen LogP contribution in [0.25, 0.3) is 11.2 Å². The van der Waals surface area contributed by atoms with Crippen molar-refractivity contribution in [2.45, 2.75) is 83.8 Å². The van der Waals surface area contributed by atoms with Crippen LogP contribution in [-0.4, -0.2) is 109 Å². The first-order valence-corrected chi connectivity index (χ1v) is 17.5. The topological polar surface area (TPSA) is 290 Å². The number of alkyl halides is 1. The number of hydrogen-bond acceptors (Lipinski definition) is 18. The lowest BCUT2D eigenvalue weighted by molar-refractivity contribution is -0.270. The van der Waals surface area contributed by atoms with Crippen molar-refractivity contribution in [1.82, 2.24) is 19.5 Å². The molecule has 4 rings (SSSR count). The van der Waals surface area contributed by atoms with Crippen LogP contribution in [0.2, 0.25) is 0 Å². The summed E-state index contributed by atoms with van der Waals surface area (Å²) in [6.45, 7) is 4.83. The minimum Gasteiger partial charge on any atom is -0.462 e. The molecule has 2 fully saturated rings. The Labute approximate surface area is 277 Å². The van der Waals surface area contributed by atoms with E-state index in [4.69, 9.17) is 38.5 Å². The van der Waals surface area contributed by atoms with Gasteiger partial charge in [0.25, 0.3) is 0 Å². The number of rotatable bonds is 13. The molecule has 0 aromatic carbocycles. The van der Waals surface area contributed by atoms with Gasteiger partial charge in [-0.15, -0.1) is 0 Å². The number of hydrogen-bond donors (Lipinski definition) is 4. The van der Waals surface area contributed by atoms with E-state index >= 15 is 4.39 Å². The van der Waals surface area contributed by atoms with Gasteiger partial charge in [0, 0.05) is 26.7 Å². The number of ether oxygens (including phenoxy) is 5. The number of esters is 3. The predicted octanol–water partition coefficient (Wildman–Crippen LogP) is 0.679. The van der Waals surface area contributed by atoms with Crippen molar-refractivity contribution in [3.05, 3.63) is 12.7 Å². The lowest BCUT2D eigenvalue weighted by Gasteiger charge is -2.45. The van der Waals surface area contributed by atoms with Crippen LogP contribution >= 0.6 is 15.6 Å². The summed E-state index contributed by atoms with van der Waals surface area (Å²) < 4.78 is 82.8. The normalized spacial score (nSPS) is 31.7. The van der Waals surface area contributed by atoms with E-state index in [-0.39, 0.29) is 17.0 Å². The highest BCUT2D eigenvalue weighted by Gasteiger charge is 2.52. The number of imidazole rings is 1. The summed E-state index contributed by atoms with van der Waals surface area (Å²) in [5, 5.41) is 10.5. The zero-order valence-electron chi connectivity index (χ0n) is 26.6. The highest BCUT2D eigenvalue weighted by Crippen LogP contribution is 2.62. The number of aliphatic hydroxyl groups is 1. The van der Waals surface area contributed by atoms with E-state index in [1.165, 1.54) is 0 Å². The lowest BCUT2D eigenvalue weighted by Crippen LogP contribution is -2.56. The number of fused-ring (bicyclic) bond motifs is 1. The number of aromatic nitrogens is 4. The van der Waals surface area contributed by atoms with E-state index in [1.807, 2.05) is 0 Å². The van der Waals surface area contributed by atoms with E-state index in [0.29, 0.717) is 0 Å². The first-order chi connectivity index (χ1) is 22.8. The Bertz CT molecular complexity index is 1630. The van der Waals surface area contributed by atoms with E-state index in [0.717, 1.165) is 38.0 Å². The molecule has 2 aliphatic heterocycles. The average molecular weight is 744 g/mol. The number of phosphoric acid groups is 2. The smallest absolute Gasteiger partial charge is 0.462 e. The van der Waals surface area contributed by atoms with Gasteiger partial charge in [-0.05, 0) is 5.92 Å². The summed E-state index contributed by atoms with van der Waals surface area (Å²) in [5.41, 5.74) is 5.98. The summed E-state index contributed by atoms with van der Waals surface area (Å²) in [7, 11) is -11.2. The fraction of sp³-hybridized carbons (Fsp3) is 0.680. The molecule has 2 aromatic rings. The molecular weight excluding hydrogens is 707 g/mol. The SMILES string of the molecule is CC(=O)OC[C@@H](OC(C)=O)C1O[C@@H](OP(=O)(O)OP(=O)(O)OC[C@H]2O[C@@H](n3cnc4c(N)ncnc43)C(O)[C@@H]2F)C(OC(C)=O)[C@@H](C)[C@@H]1C. The Morgan fingerprint density at radius 3 is 2.37 bits per heavy atom. The highest BCUT2D eigenvalue weighted by atomic mass is 31.3. The Balaban J connectivity index is 1.45. The molecule has 2 aromatic heterocycles. The van der Waals surface area contributed by atoms with Gasteiger partial charge in [-0.2, -0.15) is 4.31 Å². The molecule has 0 aliphatic carbocycles. The molecule has 0 amide bonds. The van der Waals surface area contributed by atoms with E-state index < -0.39 is 108 Å². The maximum absolute atomic E-state index is 15.0. The number of nitrogens with two attached hydrogens (primary N) is 1. The van der Waals surface area contributed by atoms with Crippen molar-refractivity contribution in [3.63, 3.8) is 0 Å². The van der Waals surface area contributed by atoms with Crippen LogP contribution in [0.4, 0.5) is 10.2 Å². The number of carbonyl (C=O) groups excluding carboxylic acids is 3. The molecule has 21 nitrogen and oxygen atoms in total. The summed E-state index contributed by atoms with van der Waals surface area (Å²) in [6.07, 6.45) is -10.8. The van der Waals surface area contributed by atoms with Gasteiger partial charge in [-0.25, -0.2) is 28.5 Å². The van der Waals surface area contributed by atoms with Gasteiger partial charge in [0.1, 0.15) is 36.8 Å². The fourth-order valence-electron chi connectivity index (χ4n) is 5.28. The van der Waals surface area contributed by atoms with Crippen LogP contribution in [0.1, 0.15) is 40.8 Å². The average Bonchev–Trinajstić information content (AvgIpc) is 3.54. The van der Waals surface area contributed by atoms with E-state index in [1.54, 1.807) is 13.8 Å². The molecule has 12 atom stereocenters. The summed E-state index contributed by atoms with van der Waals surface area (Å²) >= 11 is 0. The Morgan fingerprint density at radius 1 is 1.04 bits per heavy atom. The Hall–Kier alpha value is -3.17. The molecule has 2 saturated heterocycles. The van der Waals surface area contributed by atoms with Crippen LogP contribution in [0.3, 0.4) is 0 Å². The van der Waals surface area contributed by atoms with Crippen molar-refractivity contribution in [2.24, 2.45) is 11.8 Å². The van der Waals surface area contributed by atoms with Gasteiger partial charge in [0.15, 0.2) is 36.1 Å². The quantitative estimate of drug-likeness (QED) is 0.125. The number of nitrogens with zero attached hydrogens (tertiary/aromatic N) is 4. The summed E-state index contributed by atoms with van der Waals surface area (Å²) in [5.74, 6) is -3.71. The summed E-state index contributed by atoms with van der Waals surface area (Å²) in [4.78, 5) is 67.6. The summed E-state index contributed by atoms with van der Waals surface area (Å²) in [6, 6.07) is 0. The van der Waals surface area contributed by atoms with Crippen molar-refractivity contribution in [1.29, 1.82) is 0 Å². The van der Waals surface area contributed by atoms with Crippen molar-refractivity contribution in [3.8, 4) is 0 Å². The largest absolute Gasteiger partial charge is 0.483 e. The van der Waals surface area contributed by atoms with Crippen LogP contribution < -0.4 is 5.73 Å². The molecular formula is C25H36FN5O16P2. The monoisotopic (exact) mass is 743 g/mol. The zero-order chi connectivity index (χ0) is 36.4. The first kappa shape index (κ1) is 38.6. The highest BCUT2D eigenvalue weighted by molar-refractivity contribution is 7.61. The standard InChI is InChI=1S/C25H36FN5O16P2/c1-10-11(2)21(43-14(5)34)25(45-20(10)16(42-13(4)33)6-40-12(3)32)46-49(38,39)47-48(36,37)41-7-15-17(26)19(35)24(44-15)31-9-30-18-22(27)28-8-29-23(18)31/h8-11,15-17,19-21,24-25,35H,6-7H2,1-5H3,(H,36,37)(H,38,39)(H2,27,28,29)/t10-,11-,15+,16+,17+,19?,20?,21?,24+,25-/m0/s1.